The summed E-state index contributed by atoms with van der Waals surface area (Å²) in [4.78, 5) is 11.2. The van der Waals surface area contributed by atoms with E-state index in [9.17, 15) is 5.11 Å². The number of nitrogens with one attached hydrogen (secondary N) is 1. The SMILES string of the molecule is CN=C(NCC(c1ccc(OC)cc1)N(C)C)N1CCN(c2ccccc2O)CC1.I. The normalized spacial score (nSPS) is 15.5. The fourth-order valence-electron chi connectivity index (χ4n) is 3.84. The molecule has 0 aromatic heterocycles. The number of methoxy groups -OCH3 is 1. The summed E-state index contributed by atoms with van der Waals surface area (Å²) in [6.45, 7) is 4.14. The van der Waals surface area contributed by atoms with Crippen molar-refractivity contribution in [2.45, 2.75) is 6.04 Å². The second-order valence-corrected chi connectivity index (χ2v) is 7.64. The molecule has 1 aliphatic heterocycles. The van der Waals surface area contributed by atoms with Crippen molar-refractivity contribution in [2.75, 3.05) is 65.9 Å². The van der Waals surface area contributed by atoms with Crippen molar-refractivity contribution >= 4 is 35.6 Å². The minimum absolute atomic E-state index is 0. The average molecular weight is 539 g/mol. The molecule has 1 heterocycles. The van der Waals surface area contributed by atoms with Crippen LogP contribution in [0.25, 0.3) is 0 Å². The third-order valence-electron chi connectivity index (χ3n) is 5.59. The van der Waals surface area contributed by atoms with Gasteiger partial charge in [0.05, 0.1) is 18.8 Å². The van der Waals surface area contributed by atoms with E-state index in [0.29, 0.717) is 5.75 Å². The first-order chi connectivity index (χ1) is 14.5. The molecule has 31 heavy (non-hydrogen) atoms. The van der Waals surface area contributed by atoms with Crippen LogP contribution in [-0.2, 0) is 0 Å². The molecule has 0 saturated carbocycles. The number of anilines is 1. The first-order valence-electron chi connectivity index (χ1n) is 10.3. The number of aromatic hydroxyl groups is 1. The molecule has 1 unspecified atom stereocenters. The number of rotatable bonds is 6. The van der Waals surface area contributed by atoms with Gasteiger partial charge in [0.15, 0.2) is 5.96 Å². The smallest absolute Gasteiger partial charge is 0.193 e. The van der Waals surface area contributed by atoms with Crippen molar-refractivity contribution in [2.24, 2.45) is 4.99 Å². The van der Waals surface area contributed by atoms with Crippen LogP contribution in [0.15, 0.2) is 53.5 Å². The summed E-state index contributed by atoms with van der Waals surface area (Å²) < 4.78 is 5.28. The van der Waals surface area contributed by atoms with Gasteiger partial charge in [0.1, 0.15) is 11.5 Å². The third kappa shape index (κ3) is 6.39. The summed E-state index contributed by atoms with van der Waals surface area (Å²) in [6, 6.07) is 16.0. The van der Waals surface area contributed by atoms with Crippen molar-refractivity contribution < 1.29 is 9.84 Å². The number of guanidine groups is 1. The molecule has 2 aromatic carbocycles. The van der Waals surface area contributed by atoms with Gasteiger partial charge in [-0.3, -0.25) is 4.99 Å². The first-order valence-corrected chi connectivity index (χ1v) is 10.3. The predicted molar refractivity (Wildman–Crippen MR) is 138 cm³/mol. The minimum Gasteiger partial charge on any atom is -0.506 e. The van der Waals surface area contributed by atoms with E-state index in [2.05, 4.69) is 51.2 Å². The molecule has 7 nitrogen and oxygen atoms in total. The van der Waals surface area contributed by atoms with Gasteiger partial charge >= 0.3 is 0 Å². The number of phenolic OH excluding ortho intramolecular Hbond substituents is 1. The van der Waals surface area contributed by atoms with Crippen LogP contribution in [0.4, 0.5) is 5.69 Å². The summed E-state index contributed by atoms with van der Waals surface area (Å²) in [5.74, 6) is 2.11. The van der Waals surface area contributed by atoms with Gasteiger partial charge in [0.2, 0.25) is 0 Å². The van der Waals surface area contributed by atoms with Gasteiger partial charge < -0.3 is 29.9 Å². The number of nitrogens with zero attached hydrogens (tertiary/aromatic N) is 4. The minimum atomic E-state index is 0. The highest BCUT2D eigenvalue weighted by molar-refractivity contribution is 14.0. The first kappa shape index (κ1) is 25.1. The lowest BCUT2D eigenvalue weighted by molar-refractivity contribution is 0.292. The van der Waals surface area contributed by atoms with Crippen LogP contribution in [0, 0.1) is 0 Å². The summed E-state index contributed by atoms with van der Waals surface area (Å²) in [6.07, 6.45) is 0. The highest BCUT2D eigenvalue weighted by Gasteiger charge is 2.22. The Balaban J connectivity index is 0.00000341. The molecule has 0 amide bonds. The Bertz CT molecular complexity index is 836. The quantitative estimate of drug-likeness (QED) is 0.335. The molecule has 0 radical (unpaired) electrons. The van der Waals surface area contributed by atoms with Crippen molar-refractivity contribution in [3.63, 3.8) is 0 Å². The lowest BCUT2D eigenvalue weighted by atomic mass is 10.1. The molecule has 8 heteroatoms. The van der Waals surface area contributed by atoms with Crippen LogP contribution in [0.2, 0.25) is 0 Å². The van der Waals surface area contributed by atoms with Crippen molar-refractivity contribution in [1.29, 1.82) is 0 Å². The van der Waals surface area contributed by atoms with Gasteiger partial charge in [-0.15, -0.1) is 24.0 Å². The van der Waals surface area contributed by atoms with E-state index in [-0.39, 0.29) is 30.0 Å². The zero-order valence-corrected chi connectivity index (χ0v) is 21.1. The van der Waals surface area contributed by atoms with Crippen molar-refractivity contribution in [3.8, 4) is 11.5 Å². The lowest BCUT2D eigenvalue weighted by Crippen LogP contribution is -2.53. The van der Waals surface area contributed by atoms with Crippen LogP contribution in [0.5, 0.6) is 11.5 Å². The number of para-hydroxylation sites is 2. The monoisotopic (exact) mass is 539 g/mol. The molecule has 2 aromatic rings. The Morgan fingerprint density at radius 2 is 1.74 bits per heavy atom. The van der Waals surface area contributed by atoms with E-state index >= 15 is 0 Å². The zero-order valence-electron chi connectivity index (χ0n) is 18.8. The van der Waals surface area contributed by atoms with E-state index in [1.807, 2.05) is 37.4 Å². The maximum Gasteiger partial charge on any atom is 0.193 e. The highest BCUT2D eigenvalue weighted by atomic mass is 127. The Hall–Kier alpha value is -2.20. The van der Waals surface area contributed by atoms with Gasteiger partial charge in [-0.2, -0.15) is 0 Å². The fraction of sp³-hybridized carbons (Fsp3) is 0.435. The van der Waals surface area contributed by atoms with E-state index in [4.69, 9.17) is 4.74 Å². The molecule has 0 spiro atoms. The van der Waals surface area contributed by atoms with Crippen LogP contribution in [-0.4, -0.2) is 81.8 Å². The molecule has 1 saturated heterocycles. The van der Waals surface area contributed by atoms with Gasteiger partial charge in [0, 0.05) is 39.8 Å². The molecule has 0 aliphatic carbocycles. The number of ether oxygens (including phenoxy) is 1. The van der Waals surface area contributed by atoms with Gasteiger partial charge in [-0.25, -0.2) is 0 Å². The van der Waals surface area contributed by atoms with Crippen molar-refractivity contribution in [1.82, 2.24) is 15.1 Å². The van der Waals surface area contributed by atoms with E-state index in [1.54, 1.807) is 13.2 Å². The average Bonchev–Trinajstić information content (AvgIpc) is 2.77. The number of hydrogen-bond donors (Lipinski definition) is 2. The third-order valence-corrected chi connectivity index (χ3v) is 5.59. The predicted octanol–water partition coefficient (Wildman–Crippen LogP) is 3.02. The molecule has 3 rings (SSSR count). The Labute approximate surface area is 202 Å². The number of piperazine rings is 1. The van der Waals surface area contributed by atoms with Crippen LogP contribution in [0.1, 0.15) is 11.6 Å². The van der Waals surface area contributed by atoms with Crippen LogP contribution in [0.3, 0.4) is 0 Å². The van der Waals surface area contributed by atoms with E-state index < -0.39 is 0 Å². The Morgan fingerprint density at radius 3 is 2.29 bits per heavy atom. The van der Waals surface area contributed by atoms with E-state index in [0.717, 1.165) is 50.1 Å². The highest BCUT2D eigenvalue weighted by Crippen LogP contribution is 2.27. The maximum atomic E-state index is 10.1. The summed E-state index contributed by atoms with van der Waals surface area (Å²) in [7, 11) is 7.69. The largest absolute Gasteiger partial charge is 0.506 e. The van der Waals surface area contributed by atoms with E-state index in [1.165, 1.54) is 5.56 Å². The number of benzene rings is 2. The van der Waals surface area contributed by atoms with Gasteiger partial charge in [-0.05, 0) is 43.9 Å². The Morgan fingerprint density at radius 1 is 1.10 bits per heavy atom. The van der Waals surface area contributed by atoms with Gasteiger partial charge in [0.25, 0.3) is 0 Å². The molecule has 2 N–H and O–H groups in total. The lowest BCUT2D eigenvalue weighted by Gasteiger charge is -2.38. The molecule has 0 bridgehead atoms. The van der Waals surface area contributed by atoms with Crippen LogP contribution >= 0.6 is 24.0 Å². The molecule has 170 valence electrons. The number of aliphatic imine (C=N–C) groups is 1. The fourth-order valence-corrected chi connectivity index (χ4v) is 3.84. The number of phenols is 1. The summed E-state index contributed by atoms with van der Waals surface area (Å²) in [5.41, 5.74) is 2.13. The molecule has 1 atom stereocenters. The molecular formula is C23H34IN5O2. The second-order valence-electron chi connectivity index (χ2n) is 7.64. The number of hydrogen-bond acceptors (Lipinski definition) is 5. The van der Waals surface area contributed by atoms with Crippen molar-refractivity contribution in [3.05, 3.63) is 54.1 Å². The summed E-state index contributed by atoms with van der Waals surface area (Å²) >= 11 is 0. The standard InChI is InChI=1S/C23H33N5O2.HI/c1-24-23(25-17-21(26(2)3)18-9-11-19(30-4)12-10-18)28-15-13-27(14-16-28)20-7-5-6-8-22(20)29;/h5-12,21,29H,13-17H2,1-4H3,(H,24,25);1H. The molecule has 1 aliphatic rings. The Kier molecular flexibility index (Phi) is 9.70. The number of halogens is 1. The summed E-state index contributed by atoms with van der Waals surface area (Å²) in [5, 5.41) is 13.7. The topological polar surface area (TPSA) is 63.6 Å². The number of likely N-dealkylation sites (N-methyl/N-ethyl adjacent to an activating group) is 1. The zero-order chi connectivity index (χ0) is 21.5. The van der Waals surface area contributed by atoms with Crippen LogP contribution < -0.4 is 15.0 Å². The molecule has 1 fully saturated rings. The maximum absolute atomic E-state index is 10.1. The van der Waals surface area contributed by atoms with Gasteiger partial charge in [-0.1, -0.05) is 24.3 Å². The molecular weight excluding hydrogens is 505 g/mol. The second kappa shape index (κ2) is 12.0.